The van der Waals surface area contributed by atoms with Crippen LogP contribution in [0, 0.1) is 11.7 Å². The zero-order valence-corrected chi connectivity index (χ0v) is 13.7. The molecule has 0 spiro atoms. The third-order valence-corrected chi connectivity index (χ3v) is 3.18. The Morgan fingerprint density at radius 2 is 1.85 bits per heavy atom. The lowest BCUT2D eigenvalue weighted by Crippen LogP contribution is -2.54. The monoisotopic (exact) mass is 318 g/mol. The molecule has 20 heavy (non-hydrogen) atoms. The number of amides is 1. The van der Waals surface area contributed by atoms with Gasteiger partial charge >= 0.3 is 0 Å². The average molecular weight is 318 g/mol. The van der Waals surface area contributed by atoms with E-state index < -0.39 is 0 Å². The first-order chi connectivity index (χ1) is 8.56. The fourth-order valence-corrected chi connectivity index (χ4v) is 2.23. The van der Waals surface area contributed by atoms with E-state index in [1.54, 1.807) is 12.1 Å². The van der Waals surface area contributed by atoms with Crippen LogP contribution in [0.2, 0.25) is 0 Å². The molecule has 1 amide bonds. The summed E-state index contributed by atoms with van der Waals surface area (Å²) in [4.78, 5) is 11.9. The van der Waals surface area contributed by atoms with Gasteiger partial charge < -0.3 is 10.6 Å². The van der Waals surface area contributed by atoms with Gasteiger partial charge in [-0.1, -0.05) is 26.0 Å². The maximum atomic E-state index is 12.8. The van der Waals surface area contributed by atoms with Gasteiger partial charge in [-0.3, -0.25) is 4.79 Å². The summed E-state index contributed by atoms with van der Waals surface area (Å²) in [5.41, 5.74) is 0.931. The molecule has 1 aromatic carbocycles. The first-order valence-electron chi connectivity index (χ1n) is 6.35. The summed E-state index contributed by atoms with van der Waals surface area (Å²) in [5.74, 6) is 0.256. The molecule has 2 atom stereocenters. The van der Waals surface area contributed by atoms with Crippen LogP contribution in [-0.2, 0) is 4.79 Å². The summed E-state index contributed by atoms with van der Waals surface area (Å²) in [5, 5.41) is 6.24. The first kappa shape index (κ1) is 19.3. The van der Waals surface area contributed by atoms with E-state index in [2.05, 4.69) is 24.5 Å². The Bertz CT molecular complexity index is 426. The van der Waals surface area contributed by atoms with Crippen molar-refractivity contribution < 1.29 is 9.18 Å². The highest BCUT2D eigenvalue weighted by Gasteiger charge is 2.28. The highest BCUT2D eigenvalue weighted by atomic mass is 32.1. The van der Waals surface area contributed by atoms with Crippen molar-refractivity contribution in [3.63, 3.8) is 0 Å². The molecule has 0 aromatic heterocycles. The second-order valence-electron chi connectivity index (χ2n) is 5.20. The minimum Gasteiger partial charge on any atom is -0.347 e. The van der Waals surface area contributed by atoms with Crippen molar-refractivity contribution in [3.8, 4) is 0 Å². The van der Waals surface area contributed by atoms with Crippen molar-refractivity contribution in [2.45, 2.75) is 32.4 Å². The molecule has 2 N–H and O–H groups in total. The number of hydrogen-bond acceptors (Lipinski definition) is 2. The summed E-state index contributed by atoms with van der Waals surface area (Å²) < 4.78 is 12.8. The summed E-state index contributed by atoms with van der Waals surface area (Å²) in [6, 6.07) is 6.09. The maximum absolute atomic E-state index is 12.8. The topological polar surface area (TPSA) is 41.1 Å². The van der Waals surface area contributed by atoms with Crippen molar-refractivity contribution in [2.75, 3.05) is 6.54 Å². The molecule has 0 aliphatic carbocycles. The largest absolute Gasteiger partial charge is 0.347 e. The van der Waals surface area contributed by atoms with Crippen LogP contribution in [0.4, 0.5) is 4.39 Å². The molecule has 2 rings (SSSR count). The Morgan fingerprint density at radius 3 is 2.35 bits per heavy atom. The van der Waals surface area contributed by atoms with Gasteiger partial charge in [0.15, 0.2) is 0 Å². The second kappa shape index (κ2) is 8.54. The quantitative estimate of drug-likeness (QED) is 0.897. The van der Waals surface area contributed by atoms with Crippen LogP contribution < -0.4 is 10.6 Å². The van der Waals surface area contributed by atoms with Gasteiger partial charge in [-0.15, -0.1) is 0 Å². The smallest absolute Gasteiger partial charge is 0.237 e. The molecule has 6 heteroatoms. The van der Waals surface area contributed by atoms with Gasteiger partial charge in [0, 0.05) is 6.54 Å². The van der Waals surface area contributed by atoms with Crippen molar-refractivity contribution in [2.24, 2.45) is 5.92 Å². The maximum Gasteiger partial charge on any atom is 0.237 e. The Balaban J connectivity index is 0.00000180. The minimum absolute atomic E-state index is 0. The summed E-state index contributed by atoms with van der Waals surface area (Å²) in [7, 11) is 0. The number of rotatable bonds is 3. The zero-order valence-electron chi connectivity index (χ0n) is 11.7. The minimum atomic E-state index is -0.258. The first-order valence-corrected chi connectivity index (χ1v) is 6.35. The van der Waals surface area contributed by atoms with Crippen LogP contribution in [0.15, 0.2) is 24.3 Å². The van der Waals surface area contributed by atoms with Crippen molar-refractivity contribution in [1.82, 2.24) is 10.6 Å². The lowest BCUT2D eigenvalue weighted by molar-refractivity contribution is -0.125. The van der Waals surface area contributed by atoms with Gasteiger partial charge in [0.05, 0.1) is 12.1 Å². The fourth-order valence-electron chi connectivity index (χ4n) is 2.23. The Hall–Kier alpha value is -0.720. The lowest BCUT2D eigenvalue weighted by Gasteiger charge is -2.31. The van der Waals surface area contributed by atoms with Crippen molar-refractivity contribution >= 4 is 32.9 Å². The molecule has 1 fully saturated rings. The van der Waals surface area contributed by atoms with E-state index >= 15 is 0 Å². The average Bonchev–Trinajstić information content (AvgIpc) is 2.32. The SMILES string of the molecule is CC(C)C[C@@H]1NC[C@H](c2ccc(F)cc2)NC1=O.S.S. The van der Waals surface area contributed by atoms with Crippen LogP contribution in [-0.4, -0.2) is 18.5 Å². The van der Waals surface area contributed by atoms with Gasteiger partial charge in [0.2, 0.25) is 5.91 Å². The summed E-state index contributed by atoms with van der Waals surface area (Å²) in [6.45, 7) is 4.89. The lowest BCUT2D eigenvalue weighted by atomic mass is 9.98. The number of benzene rings is 1. The number of carbonyl (C=O) groups excluding carboxylic acids is 1. The zero-order chi connectivity index (χ0) is 13.1. The molecule has 3 nitrogen and oxygen atoms in total. The second-order valence-corrected chi connectivity index (χ2v) is 5.20. The Kier molecular flexibility index (Phi) is 8.23. The van der Waals surface area contributed by atoms with Gasteiger partial charge in [-0.25, -0.2) is 4.39 Å². The molecule has 1 aliphatic heterocycles. The summed E-state index contributed by atoms with van der Waals surface area (Å²) >= 11 is 0. The van der Waals surface area contributed by atoms with Gasteiger partial charge in [0.1, 0.15) is 5.82 Å². The Labute approximate surface area is 133 Å². The third-order valence-electron chi connectivity index (χ3n) is 3.18. The van der Waals surface area contributed by atoms with Gasteiger partial charge in [-0.05, 0) is 30.0 Å². The van der Waals surface area contributed by atoms with Crippen LogP contribution in [0.5, 0.6) is 0 Å². The number of halogens is 1. The van der Waals surface area contributed by atoms with E-state index in [1.165, 1.54) is 12.1 Å². The normalized spacial score (nSPS) is 21.7. The number of carbonyl (C=O) groups is 1. The molecule has 0 radical (unpaired) electrons. The van der Waals surface area contributed by atoms with Gasteiger partial charge in [0.25, 0.3) is 0 Å². The van der Waals surface area contributed by atoms with E-state index in [0.29, 0.717) is 12.5 Å². The predicted octanol–water partition coefficient (Wildman–Crippen LogP) is 2.23. The molecule has 0 bridgehead atoms. The molecule has 1 heterocycles. The highest BCUT2D eigenvalue weighted by Crippen LogP contribution is 2.17. The molecule has 1 saturated heterocycles. The van der Waals surface area contributed by atoms with Crippen LogP contribution in [0.25, 0.3) is 0 Å². The molecular weight excluding hydrogens is 295 g/mol. The molecule has 114 valence electrons. The predicted molar refractivity (Wildman–Crippen MR) is 89.3 cm³/mol. The van der Waals surface area contributed by atoms with Crippen molar-refractivity contribution in [3.05, 3.63) is 35.6 Å². The molecular formula is C14H23FN2OS2. The molecule has 1 aliphatic rings. The van der Waals surface area contributed by atoms with E-state index in [4.69, 9.17) is 0 Å². The van der Waals surface area contributed by atoms with E-state index in [9.17, 15) is 9.18 Å². The van der Waals surface area contributed by atoms with Crippen molar-refractivity contribution in [1.29, 1.82) is 0 Å². The molecule has 0 saturated carbocycles. The van der Waals surface area contributed by atoms with E-state index in [0.717, 1.165) is 12.0 Å². The van der Waals surface area contributed by atoms with Gasteiger partial charge in [-0.2, -0.15) is 27.0 Å². The van der Waals surface area contributed by atoms with Crippen LogP contribution in [0.1, 0.15) is 31.9 Å². The standard InChI is InChI=1S/C14H19FN2O.2H2S/c1-9(2)7-12-14(18)17-13(8-16-12)10-3-5-11(15)6-4-10;;/h3-6,9,12-13,16H,7-8H2,1-2H3,(H,17,18);2*1H2/t12-,13+;;/m0../s1. The fraction of sp³-hybridized carbons (Fsp3) is 0.500. The third kappa shape index (κ3) is 5.00. The summed E-state index contributed by atoms with van der Waals surface area (Å²) in [6.07, 6.45) is 0.835. The van der Waals surface area contributed by atoms with Crippen LogP contribution in [0.3, 0.4) is 0 Å². The molecule has 0 unspecified atom stereocenters. The highest BCUT2D eigenvalue weighted by molar-refractivity contribution is 7.59. The molecule has 1 aromatic rings. The number of piperazine rings is 1. The van der Waals surface area contributed by atoms with E-state index in [1.807, 2.05) is 0 Å². The van der Waals surface area contributed by atoms with Crippen LogP contribution >= 0.6 is 27.0 Å². The Morgan fingerprint density at radius 1 is 1.25 bits per heavy atom. The number of nitrogens with one attached hydrogen (secondary N) is 2. The van der Waals surface area contributed by atoms with E-state index in [-0.39, 0.29) is 50.8 Å². The number of hydrogen-bond donors (Lipinski definition) is 2.